The summed E-state index contributed by atoms with van der Waals surface area (Å²) in [6, 6.07) is 3.48. The van der Waals surface area contributed by atoms with Gasteiger partial charge in [-0.05, 0) is 23.7 Å². The minimum atomic E-state index is -0.725. The van der Waals surface area contributed by atoms with Crippen LogP contribution in [-0.2, 0) is 0 Å². The second kappa shape index (κ2) is 5.33. The molecule has 9 heteroatoms. The Bertz CT molecular complexity index is 654. The number of benzene rings is 1. The molecule has 0 fully saturated rings. The van der Waals surface area contributed by atoms with E-state index < -0.39 is 16.4 Å². The molecule has 0 saturated heterocycles. The maximum absolute atomic E-state index is 13.0. The standard InChI is InChI=1S/C10H4Cl2FN3O3/c11-6-3-5(1-2-7(6)13)19-9-8(16(17)18)4-14-10(12)15-9/h1-4H. The molecular weight excluding hydrogens is 300 g/mol. The summed E-state index contributed by atoms with van der Waals surface area (Å²) in [5.74, 6) is -0.902. The van der Waals surface area contributed by atoms with Crippen molar-refractivity contribution in [2.24, 2.45) is 0 Å². The summed E-state index contributed by atoms with van der Waals surface area (Å²) in [5, 5.41) is 10.4. The summed E-state index contributed by atoms with van der Waals surface area (Å²) in [6.45, 7) is 0. The Labute approximate surface area is 115 Å². The largest absolute Gasteiger partial charge is 0.434 e. The van der Waals surface area contributed by atoms with Crippen LogP contribution in [0.5, 0.6) is 11.6 Å². The van der Waals surface area contributed by atoms with E-state index in [0.29, 0.717) is 0 Å². The molecule has 98 valence electrons. The van der Waals surface area contributed by atoms with E-state index in [9.17, 15) is 14.5 Å². The third kappa shape index (κ3) is 3.07. The monoisotopic (exact) mass is 303 g/mol. The molecule has 2 aromatic rings. The summed E-state index contributed by atoms with van der Waals surface area (Å²) in [4.78, 5) is 17.1. The molecular formula is C10H4Cl2FN3O3. The lowest BCUT2D eigenvalue weighted by molar-refractivity contribution is -0.386. The van der Waals surface area contributed by atoms with Crippen molar-refractivity contribution in [3.05, 3.63) is 50.6 Å². The van der Waals surface area contributed by atoms with Crippen molar-refractivity contribution >= 4 is 28.9 Å². The second-order valence-electron chi connectivity index (χ2n) is 3.26. The van der Waals surface area contributed by atoms with Crippen LogP contribution in [0, 0.1) is 15.9 Å². The Morgan fingerprint density at radius 1 is 1.37 bits per heavy atom. The summed E-state index contributed by atoms with van der Waals surface area (Å²) in [6.07, 6.45) is 0.912. The van der Waals surface area contributed by atoms with Crippen molar-refractivity contribution in [2.45, 2.75) is 0 Å². The molecule has 19 heavy (non-hydrogen) atoms. The third-order valence-corrected chi connectivity index (χ3v) is 2.48. The highest BCUT2D eigenvalue weighted by Gasteiger charge is 2.19. The highest BCUT2D eigenvalue weighted by Crippen LogP contribution is 2.31. The molecule has 1 aromatic carbocycles. The Balaban J connectivity index is 2.39. The van der Waals surface area contributed by atoms with Crippen LogP contribution in [0.2, 0.25) is 10.3 Å². The number of rotatable bonds is 3. The van der Waals surface area contributed by atoms with E-state index in [0.717, 1.165) is 18.3 Å². The van der Waals surface area contributed by atoms with Gasteiger partial charge < -0.3 is 4.74 Å². The van der Waals surface area contributed by atoms with E-state index in [2.05, 4.69) is 9.97 Å². The first kappa shape index (κ1) is 13.4. The van der Waals surface area contributed by atoms with E-state index in [1.165, 1.54) is 6.07 Å². The minimum absolute atomic E-state index is 0.0873. The Morgan fingerprint density at radius 2 is 2.11 bits per heavy atom. The SMILES string of the molecule is O=[N+]([O-])c1cnc(Cl)nc1Oc1ccc(F)c(Cl)c1. The highest BCUT2D eigenvalue weighted by atomic mass is 35.5. The van der Waals surface area contributed by atoms with Crippen molar-refractivity contribution < 1.29 is 14.1 Å². The molecule has 0 unspecified atom stereocenters. The first-order valence-electron chi connectivity index (χ1n) is 4.77. The number of ether oxygens (including phenoxy) is 1. The van der Waals surface area contributed by atoms with Crippen molar-refractivity contribution in [3.63, 3.8) is 0 Å². The van der Waals surface area contributed by atoms with Crippen molar-refractivity contribution in [1.29, 1.82) is 0 Å². The fourth-order valence-corrected chi connectivity index (χ4v) is 1.49. The second-order valence-corrected chi connectivity index (χ2v) is 4.01. The van der Waals surface area contributed by atoms with E-state index in [1.807, 2.05) is 0 Å². The smallest absolute Gasteiger partial charge is 0.349 e. The number of aromatic nitrogens is 2. The van der Waals surface area contributed by atoms with Gasteiger partial charge >= 0.3 is 11.6 Å². The van der Waals surface area contributed by atoms with E-state index in [1.54, 1.807) is 0 Å². The van der Waals surface area contributed by atoms with Crippen molar-refractivity contribution in [3.8, 4) is 11.6 Å². The van der Waals surface area contributed by atoms with Crippen LogP contribution >= 0.6 is 23.2 Å². The molecule has 0 atom stereocenters. The predicted octanol–water partition coefficient (Wildman–Crippen LogP) is 3.62. The van der Waals surface area contributed by atoms with Gasteiger partial charge in [-0.1, -0.05) is 11.6 Å². The molecule has 0 aliphatic heterocycles. The maximum atomic E-state index is 13.0. The van der Waals surface area contributed by atoms with Crippen molar-refractivity contribution in [1.82, 2.24) is 9.97 Å². The van der Waals surface area contributed by atoms with Gasteiger partial charge in [0.1, 0.15) is 17.8 Å². The van der Waals surface area contributed by atoms with Crippen molar-refractivity contribution in [2.75, 3.05) is 0 Å². The lowest BCUT2D eigenvalue weighted by Gasteiger charge is -2.05. The quantitative estimate of drug-likeness (QED) is 0.491. The van der Waals surface area contributed by atoms with E-state index >= 15 is 0 Å². The fourth-order valence-electron chi connectivity index (χ4n) is 1.19. The van der Waals surface area contributed by atoms with E-state index in [4.69, 9.17) is 27.9 Å². The molecule has 0 aliphatic carbocycles. The zero-order chi connectivity index (χ0) is 14.0. The molecule has 0 amide bonds. The Morgan fingerprint density at radius 3 is 2.74 bits per heavy atom. The number of nitrogens with zero attached hydrogens (tertiary/aromatic N) is 3. The van der Waals surface area contributed by atoms with Crippen LogP contribution in [0.1, 0.15) is 0 Å². The number of halogens is 3. The molecule has 1 aromatic heterocycles. The van der Waals surface area contributed by atoms with Crippen LogP contribution in [0.3, 0.4) is 0 Å². The lowest BCUT2D eigenvalue weighted by Crippen LogP contribution is -1.98. The molecule has 1 heterocycles. The van der Waals surface area contributed by atoms with Gasteiger partial charge in [0.05, 0.1) is 9.95 Å². The van der Waals surface area contributed by atoms with Gasteiger partial charge in [-0.25, -0.2) is 9.37 Å². The molecule has 2 rings (SSSR count). The van der Waals surface area contributed by atoms with Gasteiger partial charge in [0.15, 0.2) is 0 Å². The zero-order valence-corrected chi connectivity index (χ0v) is 10.5. The predicted molar refractivity (Wildman–Crippen MR) is 65.2 cm³/mol. The summed E-state index contributed by atoms with van der Waals surface area (Å²) >= 11 is 11.1. The zero-order valence-electron chi connectivity index (χ0n) is 9.01. The summed E-state index contributed by atoms with van der Waals surface area (Å²) < 4.78 is 18.1. The lowest BCUT2D eigenvalue weighted by atomic mass is 10.3. The van der Waals surface area contributed by atoms with Crippen LogP contribution < -0.4 is 4.74 Å². The summed E-state index contributed by atoms with van der Waals surface area (Å²) in [7, 11) is 0. The molecule has 0 spiro atoms. The normalized spacial score (nSPS) is 10.3. The maximum Gasteiger partial charge on any atom is 0.349 e. The van der Waals surface area contributed by atoms with Gasteiger partial charge in [-0.2, -0.15) is 4.98 Å². The number of nitro groups is 1. The third-order valence-electron chi connectivity index (χ3n) is 2.01. The van der Waals surface area contributed by atoms with Gasteiger partial charge in [-0.15, -0.1) is 0 Å². The van der Waals surface area contributed by atoms with Crippen LogP contribution in [0.25, 0.3) is 0 Å². The fraction of sp³-hybridized carbons (Fsp3) is 0. The first-order chi connectivity index (χ1) is 8.97. The molecule has 6 nitrogen and oxygen atoms in total. The van der Waals surface area contributed by atoms with Crippen LogP contribution in [-0.4, -0.2) is 14.9 Å². The van der Waals surface area contributed by atoms with Crippen LogP contribution in [0.15, 0.2) is 24.4 Å². The topological polar surface area (TPSA) is 78.2 Å². The summed E-state index contributed by atoms with van der Waals surface area (Å²) in [5.41, 5.74) is -0.468. The minimum Gasteiger partial charge on any atom is -0.434 e. The molecule has 0 radical (unpaired) electrons. The van der Waals surface area contributed by atoms with Crippen LogP contribution in [0.4, 0.5) is 10.1 Å². The molecule has 0 bridgehead atoms. The average Bonchev–Trinajstić information content (AvgIpc) is 2.33. The molecule has 0 aliphatic rings. The average molecular weight is 304 g/mol. The van der Waals surface area contributed by atoms with Gasteiger partial charge in [0.25, 0.3) is 0 Å². The molecule has 0 saturated carbocycles. The Kier molecular flexibility index (Phi) is 3.77. The van der Waals surface area contributed by atoms with Gasteiger partial charge in [0, 0.05) is 6.07 Å². The molecule has 0 N–H and O–H groups in total. The first-order valence-corrected chi connectivity index (χ1v) is 5.53. The number of hydrogen-bond acceptors (Lipinski definition) is 5. The number of hydrogen-bond donors (Lipinski definition) is 0. The van der Waals surface area contributed by atoms with Gasteiger partial charge in [0.2, 0.25) is 5.28 Å². The Hall–Kier alpha value is -1.99. The van der Waals surface area contributed by atoms with Gasteiger partial charge in [-0.3, -0.25) is 10.1 Å². The highest BCUT2D eigenvalue weighted by molar-refractivity contribution is 6.30. The van der Waals surface area contributed by atoms with E-state index in [-0.39, 0.29) is 21.9 Å².